The number of hydrogen-bond donors (Lipinski definition) is 0. The number of rotatable bonds is 4. The maximum Gasteiger partial charge on any atom is 0.199 e. The smallest absolute Gasteiger partial charge is 0.199 e. The van der Waals surface area contributed by atoms with Crippen molar-refractivity contribution in [3.63, 3.8) is 0 Å². The molecule has 1 aromatic rings. The third kappa shape index (κ3) is 3.07. The summed E-state index contributed by atoms with van der Waals surface area (Å²) in [5.74, 6) is 0.321. The molecule has 0 N–H and O–H groups in total. The van der Waals surface area contributed by atoms with E-state index in [-0.39, 0.29) is 0 Å². The standard InChI is InChI=1S/C14H20NO3S3/c1-13(2)10(9-20-21(5,17)18)12(11-7-6-8-19-11)14(3,4)15(13)16/h6-8H,9H2,1-5H3. The second kappa shape index (κ2) is 5.38. The van der Waals surface area contributed by atoms with Gasteiger partial charge in [0.25, 0.3) is 0 Å². The van der Waals surface area contributed by atoms with E-state index in [1.807, 2.05) is 45.2 Å². The lowest BCUT2D eigenvalue weighted by atomic mass is 9.90. The molecule has 1 aromatic heterocycles. The fourth-order valence-corrected chi connectivity index (χ4v) is 5.66. The van der Waals surface area contributed by atoms with Crippen molar-refractivity contribution in [2.45, 2.75) is 38.8 Å². The van der Waals surface area contributed by atoms with Crippen LogP contribution >= 0.6 is 22.1 Å². The Labute approximate surface area is 134 Å². The van der Waals surface area contributed by atoms with Gasteiger partial charge in [-0.1, -0.05) is 6.07 Å². The Kier molecular flexibility index (Phi) is 4.36. The molecule has 2 rings (SSSR count). The fourth-order valence-electron chi connectivity index (χ4n) is 2.88. The molecule has 0 amide bonds. The van der Waals surface area contributed by atoms with Gasteiger partial charge in [0.05, 0.1) is 11.1 Å². The molecule has 4 nitrogen and oxygen atoms in total. The molecule has 0 unspecified atom stereocenters. The molecule has 117 valence electrons. The Bertz CT molecular complexity index is 658. The summed E-state index contributed by atoms with van der Waals surface area (Å²) in [6.45, 7) is 7.52. The summed E-state index contributed by atoms with van der Waals surface area (Å²) >= 11 is 1.58. The Morgan fingerprint density at radius 3 is 2.33 bits per heavy atom. The predicted molar refractivity (Wildman–Crippen MR) is 89.2 cm³/mol. The minimum Gasteiger partial charge on any atom is -0.218 e. The zero-order valence-corrected chi connectivity index (χ0v) is 15.3. The summed E-state index contributed by atoms with van der Waals surface area (Å²) in [6, 6.07) is 3.94. The van der Waals surface area contributed by atoms with E-state index in [0.29, 0.717) is 5.75 Å². The van der Waals surface area contributed by atoms with E-state index in [4.69, 9.17) is 0 Å². The average Bonchev–Trinajstić information content (AvgIpc) is 2.87. The maximum absolute atomic E-state index is 12.7. The first kappa shape index (κ1) is 17.0. The molecular weight excluding hydrogens is 326 g/mol. The molecule has 21 heavy (non-hydrogen) atoms. The van der Waals surface area contributed by atoms with Crippen molar-refractivity contribution >= 4 is 36.6 Å². The highest BCUT2D eigenvalue weighted by Gasteiger charge is 2.52. The van der Waals surface area contributed by atoms with Crippen molar-refractivity contribution in [2.24, 2.45) is 0 Å². The van der Waals surface area contributed by atoms with Crippen molar-refractivity contribution < 1.29 is 13.6 Å². The van der Waals surface area contributed by atoms with Crippen LogP contribution in [0.15, 0.2) is 23.1 Å². The molecule has 1 radical (unpaired) electrons. The summed E-state index contributed by atoms with van der Waals surface area (Å²) in [5, 5.41) is 15.8. The fraction of sp³-hybridized carbons (Fsp3) is 0.571. The van der Waals surface area contributed by atoms with E-state index in [1.54, 1.807) is 11.3 Å². The maximum atomic E-state index is 12.7. The van der Waals surface area contributed by atoms with Gasteiger partial charge in [-0.3, -0.25) is 0 Å². The molecular formula is C14H20NO3S3. The normalized spacial score (nSPS) is 22.0. The minimum absolute atomic E-state index is 0.321. The van der Waals surface area contributed by atoms with Crippen LogP contribution in [-0.4, -0.2) is 36.6 Å². The minimum atomic E-state index is -3.14. The van der Waals surface area contributed by atoms with Crippen molar-refractivity contribution in [1.29, 1.82) is 0 Å². The van der Waals surface area contributed by atoms with Crippen LogP contribution in [0.2, 0.25) is 0 Å². The van der Waals surface area contributed by atoms with Gasteiger partial charge < -0.3 is 0 Å². The van der Waals surface area contributed by atoms with E-state index in [9.17, 15) is 13.6 Å². The van der Waals surface area contributed by atoms with Gasteiger partial charge in [0.1, 0.15) is 0 Å². The topological polar surface area (TPSA) is 57.3 Å². The molecule has 0 fully saturated rings. The second-order valence-electron chi connectivity index (χ2n) is 6.21. The van der Waals surface area contributed by atoms with Gasteiger partial charge in [-0.15, -0.1) is 21.6 Å². The first-order chi connectivity index (χ1) is 9.48. The SMILES string of the molecule is CC1(C)C(CSS(C)(=O)=O)=C(c2cccs2)C(C)(C)N1[O]. The highest BCUT2D eigenvalue weighted by Crippen LogP contribution is 2.50. The second-order valence-corrected chi connectivity index (χ2v) is 11.6. The Morgan fingerprint density at radius 2 is 1.86 bits per heavy atom. The summed E-state index contributed by atoms with van der Waals surface area (Å²) in [7, 11) is -2.25. The summed E-state index contributed by atoms with van der Waals surface area (Å²) < 4.78 is 23.0. The van der Waals surface area contributed by atoms with Crippen molar-refractivity contribution in [3.8, 4) is 0 Å². The number of hydrogen-bond acceptors (Lipinski definition) is 5. The number of nitrogens with zero attached hydrogens (tertiary/aromatic N) is 1. The molecule has 7 heteroatoms. The average molecular weight is 347 g/mol. The quantitative estimate of drug-likeness (QED) is 0.784. The zero-order valence-electron chi connectivity index (χ0n) is 12.8. The van der Waals surface area contributed by atoms with Crippen LogP contribution in [0.4, 0.5) is 0 Å². The highest BCUT2D eigenvalue weighted by molar-refractivity contribution is 8.71. The zero-order chi connectivity index (χ0) is 16.1. The first-order valence-corrected chi connectivity index (χ1v) is 10.8. The Morgan fingerprint density at radius 1 is 1.24 bits per heavy atom. The lowest BCUT2D eigenvalue weighted by Crippen LogP contribution is -2.47. The van der Waals surface area contributed by atoms with Crippen LogP contribution in [0.5, 0.6) is 0 Å². The van der Waals surface area contributed by atoms with Crippen molar-refractivity contribution in [1.82, 2.24) is 5.06 Å². The highest BCUT2D eigenvalue weighted by atomic mass is 33.1. The van der Waals surface area contributed by atoms with E-state index in [2.05, 4.69) is 0 Å². The molecule has 0 aromatic carbocycles. The number of hydroxylamine groups is 2. The molecule has 0 aliphatic carbocycles. The monoisotopic (exact) mass is 346 g/mol. The first-order valence-electron chi connectivity index (χ1n) is 6.58. The molecule has 0 spiro atoms. The van der Waals surface area contributed by atoms with Gasteiger partial charge >= 0.3 is 0 Å². The third-order valence-corrected chi connectivity index (χ3v) is 7.21. The molecule has 1 aliphatic rings. The van der Waals surface area contributed by atoms with Gasteiger partial charge in [-0.2, -0.15) is 0 Å². The molecule has 0 saturated carbocycles. The molecule has 0 atom stereocenters. The molecule has 0 bridgehead atoms. The van der Waals surface area contributed by atoms with E-state index >= 15 is 0 Å². The third-order valence-electron chi connectivity index (χ3n) is 3.85. The lowest BCUT2D eigenvalue weighted by Gasteiger charge is -2.34. The summed E-state index contributed by atoms with van der Waals surface area (Å²) in [4.78, 5) is 1.04. The summed E-state index contributed by atoms with van der Waals surface area (Å²) in [6.07, 6.45) is 1.20. The van der Waals surface area contributed by atoms with Gasteiger partial charge in [0, 0.05) is 16.9 Å². The molecule has 1 aliphatic heterocycles. The lowest BCUT2D eigenvalue weighted by molar-refractivity contribution is -0.236. The number of thiophene rings is 1. The van der Waals surface area contributed by atoms with Crippen LogP contribution in [-0.2, 0) is 14.1 Å². The van der Waals surface area contributed by atoms with Crippen LogP contribution < -0.4 is 0 Å². The largest absolute Gasteiger partial charge is 0.218 e. The summed E-state index contributed by atoms with van der Waals surface area (Å²) in [5.41, 5.74) is 0.497. The molecule has 2 heterocycles. The van der Waals surface area contributed by atoms with E-state index in [0.717, 1.165) is 31.9 Å². The van der Waals surface area contributed by atoms with Crippen LogP contribution in [0, 0.1) is 0 Å². The van der Waals surface area contributed by atoms with Gasteiger partial charge in [0.15, 0.2) is 8.87 Å². The van der Waals surface area contributed by atoms with Crippen LogP contribution in [0.1, 0.15) is 32.6 Å². The van der Waals surface area contributed by atoms with Gasteiger partial charge in [-0.25, -0.2) is 8.42 Å². The van der Waals surface area contributed by atoms with Crippen LogP contribution in [0.3, 0.4) is 0 Å². The predicted octanol–water partition coefficient (Wildman–Crippen LogP) is 3.41. The molecule has 0 saturated heterocycles. The van der Waals surface area contributed by atoms with Crippen molar-refractivity contribution in [3.05, 3.63) is 28.0 Å². The van der Waals surface area contributed by atoms with Crippen LogP contribution in [0.25, 0.3) is 5.57 Å². The van der Waals surface area contributed by atoms with E-state index in [1.165, 1.54) is 6.26 Å². The van der Waals surface area contributed by atoms with Gasteiger partial charge in [-0.05, 0) is 61.1 Å². The van der Waals surface area contributed by atoms with Gasteiger partial charge in [0.2, 0.25) is 0 Å². The van der Waals surface area contributed by atoms with Crippen molar-refractivity contribution in [2.75, 3.05) is 12.0 Å². The Hall–Kier alpha value is -0.340. The van der Waals surface area contributed by atoms with E-state index < -0.39 is 19.9 Å². The Balaban J connectivity index is 2.57.